The van der Waals surface area contributed by atoms with Crippen LogP contribution < -0.4 is 10.1 Å². The zero-order valence-corrected chi connectivity index (χ0v) is 15.8. The summed E-state index contributed by atoms with van der Waals surface area (Å²) in [7, 11) is 2.88. The van der Waals surface area contributed by atoms with E-state index in [2.05, 4.69) is 21.2 Å². The highest BCUT2D eigenvalue weighted by Gasteiger charge is 2.19. The topological polar surface area (TPSA) is 58.6 Å². The Morgan fingerprint density at radius 2 is 2.00 bits per heavy atom. The molecule has 0 bridgehead atoms. The third-order valence-electron chi connectivity index (χ3n) is 3.32. The molecular formula is C17H15BrClFN2O3. The van der Waals surface area contributed by atoms with Crippen LogP contribution in [0.5, 0.6) is 5.75 Å². The monoisotopic (exact) mass is 428 g/mol. The van der Waals surface area contributed by atoms with E-state index in [4.69, 9.17) is 16.3 Å². The first-order chi connectivity index (χ1) is 11.8. The summed E-state index contributed by atoms with van der Waals surface area (Å²) in [5, 5.41) is 3.05. The van der Waals surface area contributed by atoms with E-state index in [1.807, 2.05) is 0 Å². The fourth-order valence-corrected chi connectivity index (χ4v) is 2.66. The molecule has 0 radical (unpaired) electrons. The number of ether oxygens (including phenoxy) is 1. The van der Waals surface area contributed by atoms with Gasteiger partial charge in [0.25, 0.3) is 5.91 Å². The number of halogens is 3. The maximum Gasteiger partial charge on any atom is 0.257 e. The standard InChI is InChI=1S/C17H15BrClFN2O3/c1-22(17(24)12-7-10(18)3-5-13(12)20)9-16(23)21-14-8-11(19)4-6-15(14)25-2/h3-8H,9H2,1-2H3,(H,21,23). The lowest BCUT2D eigenvalue weighted by molar-refractivity contribution is -0.116. The van der Waals surface area contributed by atoms with Gasteiger partial charge in [-0.05, 0) is 36.4 Å². The van der Waals surface area contributed by atoms with Crippen LogP contribution in [0.4, 0.5) is 10.1 Å². The Kier molecular flexibility index (Phi) is 6.39. The van der Waals surface area contributed by atoms with Crippen molar-refractivity contribution in [2.24, 2.45) is 0 Å². The van der Waals surface area contributed by atoms with Crippen molar-refractivity contribution in [3.05, 3.63) is 57.3 Å². The Morgan fingerprint density at radius 1 is 1.28 bits per heavy atom. The van der Waals surface area contributed by atoms with Crippen molar-refractivity contribution >= 4 is 45.0 Å². The van der Waals surface area contributed by atoms with E-state index >= 15 is 0 Å². The number of carbonyl (C=O) groups is 2. The van der Waals surface area contributed by atoms with E-state index in [1.165, 1.54) is 38.4 Å². The molecule has 0 saturated carbocycles. The van der Waals surface area contributed by atoms with Gasteiger partial charge in [-0.25, -0.2) is 4.39 Å². The van der Waals surface area contributed by atoms with Gasteiger partial charge in [-0.1, -0.05) is 27.5 Å². The SMILES string of the molecule is COc1ccc(Cl)cc1NC(=O)CN(C)C(=O)c1cc(Br)ccc1F. The molecule has 8 heteroatoms. The molecule has 0 unspecified atom stereocenters. The van der Waals surface area contributed by atoms with Crippen molar-refractivity contribution in [1.82, 2.24) is 4.90 Å². The van der Waals surface area contributed by atoms with Crippen LogP contribution in [0.3, 0.4) is 0 Å². The summed E-state index contributed by atoms with van der Waals surface area (Å²) >= 11 is 9.10. The second-order valence-electron chi connectivity index (χ2n) is 5.18. The predicted octanol–water partition coefficient (Wildman–Crippen LogP) is 3.96. The molecule has 2 aromatic rings. The number of hydrogen-bond acceptors (Lipinski definition) is 3. The minimum Gasteiger partial charge on any atom is -0.495 e. The summed E-state index contributed by atoms with van der Waals surface area (Å²) in [6.45, 7) is -0.263. The molecule has 0 aliphatic carbocycles. The van der Waals surface area contributed by atoms with Gasteiger partial charge in [-0.3, -0.25) is 9.59 Å². The van der Waals surface area contributed by atoms with Gasteiger partial charge >= 0.3 is 0 Å². The molecule has 0 aliphatic rings. The molecule has 2 rings (SSSR count). The molecule has 5 nitrogen and oxygen atoms in total. The molecule has 0 fully saturated rings. The Bertz CT molecular complexity index is 816. The minimum atomic E-state index is -0.656. The highest BCUT2D eigenvalue weighted by molar-refractivity contribution is 9.10. The fraction of sp³-hybridized carbons (Fsp3) is 0.176. The van der Waals surface area contributed by atoms with Crippen LogP contribution in [0.25, 0.3) is 0 Å². The first-order valence-electron chi connectivity index (χ1n) is 7.15. The van der Waals surface area contributed by atoms with Gasteiger partial charge in [0.05, 0.1) is 24.9 Å². The lowest BCUT2D eigenvalue weighted by Crippen LogP contribution is -2.35. The molecule has 0 saturated heterocycles. The van der Waals surface area contributed by atoms with Gasteiger partial charge in [-0.2, -0.15) is 0 Å². The van der Waals surface area contributed by atoms with Crippen LogP contribution in [0.1, 0.15) is 10.4 Å². The van der Waals surface area contributed by atoms with Crippen molar-refractivity contribution in [2.45, 2.75) is 0 Å². The third-order valence-corrected chi connectivity index (χ3v) is 4.05. The van der Waals surface area contributed by atoms with Crippen molar-refractivity contribution in [3.63, 3.8) is 0 Å². The molecule has 1 N–H and O–H groups in total. The van der Waals surface area contributed by atoms with Gasteiger partial charge in [-0.15, -0.1) is 0 Å². The van der Waals surface area contributed by atoms with Crippen molar-refractivity contribution in [1.29, 1.82) is 0 Å². The zero-order valence-electron chi connectivity index (χ0n) is 13.5. The Hall–Kier alpha value is -2.12. The summed E-state index contributed by atoms with van der Waals surface area (Å²) in [6, 6.07) is 8.82. The average Bonchev–Trinajstić information content (AvgIpc) is 2.56. The number of anilines is 1. The number of carbonyl (C=O) groups excluding carboxylic acids is 2. The maximum atomic E-state index is 13.8. The molecule has 0 heterocycles. The van der Waals surface area contributed by atoms with Crippen LogP contribution in [-0.2, 0) is 4.79 Å². The summed E-state index contributed by atoms with van der Waals surface area (Å²) in [4.78, 5) is 25.6. The average molecular weight is 430 g/mol. The van der Waals surface area contributed by atoms with Crippen LogP contribution in [-0.4, -0.2) is 37.4 Å². The lowest BCUT2D eigenvalue weighted by atomic mass is 10.2. The highest BCUT2D eigenvalue weighted by Crippen LogP contribution is 2.27. The van der Waals surface area contributed by atoms with Gasteiger partial charge < -0.3 is 15.0 Å². The first-order valence-corrected chi connectivity index (χ1v) is 8.33. The van der Waals surface area contributed by atoms with E-state index in [1.54, 1.807) is 12.1 Å². The van der Waals surface area contributed by atoms with Crippen molar-refractivity contribution in [3.8, 4) is 5.75 Å². The van der Waals surface area contributed by atoms with Gasteiger partial charge in [0.15, 0.2) is 0 Å². The number of nitrogens with zero attached hydrogens (tertiary/aromatic N) is 1. The quantitative estimate of drug-likeness (QED) is 0.783. The first kappa shape index (κ1) is 19.2. The van der Waals surface area contributed by atoms with Crippen LogP contribution in [0.15, 0.2) is 40.9 Å². The van der Waals surface area contributed by atoms with E-state index in [-0.39, 0.29) is 12.1 Å². The van der Waals surface area contributed by atoms with Crippen LogP contribution in [0, 0.1) is 5.82 Å². The molecule has 0 aromatic heterocycles. The summed E-state index contributed by atoms with van der Waals surface area (Å²) in [5.41, 5.74) is 0.263. The number of benzene rings is 2. The molecule has 2 aromatic carbocycles. The predicted molar refractivity (Wildman–Crippen MR) is 97.7 cm³/mol. The number of hydrogen-bond donors (Lipinski definition) is 1. The molecular weight excluding hydrogens is 415 g/mol. The molecule has 132 valence electrons. The summed E-state index contributed by atoms with van der Waals surface area (Å²) < 4.78 is 19.5. The summed E-state index contributed by atoms with van der Waals surface area (Å²) in [6.07, 6.45) is 0. The highest BCUT2D eigenvalue weighted by atomic mass is 79.9. The van der Waals surface area contributed by atoms with E-state index < -0.39 is 17.6 Å². The molecule has 0 spiro atoms. The van der Waals surface area contributed by atoms with Crippen molar-refractivity contribution in [2.75, 3.05) is 26.0 Å². The Morgan fingerprint density at radius 3 is 2.68 bits per heavy atom. The fourth-order valence-electron chi connectivity index (χ4n) is 2.12. The number of amides is 2. The summed E-state index contributed by atoms with van der Waals surface area (Å²) in [5.74, 6) is -1.29. The van der Waals surface area contributed by atoms with Crippen LogP contribution in [0.2, 0.25) is 5.02 Å². The van der Waals surface area contributed by atoms with Gasteiger partial charge in [0.1, 0.15) is 11.6 Å². The Labute approximate surface area is 157 Å². The van der Waals surface area contributed by atoms with E-state index in [0.717, 1.165) is 4.90 Å². The molecule has 0 aliphatic heterocycles. The molecule has 25 heavy (non-hydrogen) atoms. The third kappa shape index (κ3) is 4.93. The largest absolute Gasteiger partial charge is 0.495 e. The minimum absolute atomic E-state index is 0.120. The number of rotatable bonds is 5. The smallest absolute Gasteiger partial charge is 0.257 e. The van der Waals surface area contributed by atoms with Crippen LogP contribution >= 0.6 is 27.5 Å². The van der Waals surface area contributed by atoms with E-state index in [9.17, 15) is 14.0 Å². The number of nitrogens with one attached hydrogen (secondary N) is 1. The zero-order chi connectivity index (χ0) is 18.6. The number of likely N-dealkylation sites (N-methyl/N-ethyl adjacent to an activating group) is 1. The maximum absolute atomic E-state index is 13.8. The Balaban J connectivity index is 2.08. The van der Waals surface area contributed by atoms with Gasteiger partial charge in [0.2, 0.25) is 5.91 Å². The second kappa shape index (κ2) is 8.31. The number of methoxy groups -OCH3 is 1. The van der Waals surface area contributed by atoms with E-state index in [0.29, 0.717) is 20.9 Å². The molecule has 0 atom stereocenters. The molecule has 2 amide bonds. The van der Waals surface area contributed by atoms with Crippen molar-refractivity contribution < 1.29 is 18.7 Å². The lowest BCUT2D eigenvalue weighted by Gasteiger charge is -2.18. The normalized spacial score (nSPS) is 10.3. The van der Waals surface area contributed by atoms with Gasteiger partial charge in [0, 0.05) is 16.5 Å². The second-order valence-corrected chi connectivity index (χ2v) is 6.53.